The number of sulfonamides is 1. The van der Waals surface area contributed by atoms with Gasteiger partial charge in [-0.05, 0) is 42.5 Å². The van der Waals surface area contributed by atoms with E-state index in [4.69, 9.17) is 5.14 Å². The van der Waals surface area contributed by atoms with Crippen LogP contribution in [0, 0.1) is 5.82 Å². The number of thiazole rings is 1. The molecule has 2 aromatic heterocycles. The van der Waals surface area contributed by atoms with Crippen LogP contribution in [0.2, 0.25) is 0 Å². The van der Waals surface area contributed by atoms with Gasteiger partial charge in [0, 0.05) is 22.2 Å². The van der Waals surface area contributed by atoms with E-state index in [1.807, 2.05) is 30.3 Å². The molecule has 4 aromatic rings. The molecule has 12 heteroatoms. The summed E-state index contributed by atoms with van der Waals surface area (Å²) in [4.78, 5) is 23.9. The summed E-state index contributed by atoms with van der Waals surface area (Å²) in [6.45, 7) is 0. The number of fused-ring (bicyclic) bond motifs is 1. The SMILES string of the molecule is Bc1nc(-c2ccc(C3N(C)c4ccc(F)cc4C(=O)N3c3ccccc3S(N)(=O)=O)s2)cs1. The van der Waals surface area contributed by atoms with E-state index in [2.05, 4.69) is 4.98 Å². The highest BCUT2D eigenvalue weighted by Gasteiger charge is 2.40. The molecule has 172 valence electrons. The van der Waals surface area contributed by atoms with Gasteiger partial charge in [-0.25, -0.2) is 17.9 Å². The van der Waals surface area contributed by atoms with Gasteiger partial charge in [0.05, 0.1) is 27.5 Å². The molecule has 0 saturated heterocycles. The minimum Gasteiger partial charge on any atom is -0.349 e. The smallest absolute Gasteiger partial charge is 0.262 e. The van der Waals surface area contributed by atoms with Gasteiger partial charge in [0.15, 0.2) is 7.85 Å². The summed E-state index contributed by atoms with van der Waals surface area (Å²) in [6.07, 6.45) is -0.688. The quantitative estimate of drug-likeness (QED) is 0.425. The van der Waals surface area contributed by atoms with Gasteiger partial charge >= 0.3 is 0 Å². The number of carbonyl (C=O) groups is 1. The Hall–Kier alpha value is -3.06. The summed E-state index contributed by atoms with van der Waals surface area (Å²) in [5.41, 5.74) is 1.64. The predicted molar refractivity (Wildman–Crippen MR) is 136 cm³/mol. The third-order valence-electron chi connectivity index (χ3n) is 5.58. The molecule has 2 aromatic carbocycles. The molecule has 0 saturated carbocycles. The monoisotopic (exact) mass is 512 g/mol. The largest absolute Gasteiger partial charge is 0.349 e. The molecular weight excluding hydrogens is 494 g/mol. The molecule has 3 heterocycles. The second kappa shape index (κ2) is 8.31. The fourth-order valence-electron chi connectivity index (χ4n) is 4.09. The molecule has 1 atom stereocenters. The Labute approximate surface area is 204 Å². The summed E-state index contributed by atoms with van der Waals surface area (Å²) in [5, 5.41) is 7.45. The molecule has 7 nitrogen and oxygen atoms in total. The summed E-state index contributed by atoms with van der Waals surface area (Å²) in [5.74, 6) is -1.08. The zero-order chi connectivity index (χ0) is 24.2. The fourth-order valence-corrected chi connectivity index (χ4v) is 6.61. The van der Waals surface area contributed by atoms with Crippen molar-refractivity contribution in [3.05, 3.63) is 76.2 Å². The van der Waals surface area contributed by atoms with Crippen LogP contribution in [0.25, 0.3) is 10.6 Å². The van der Waals surface area contributed by atoms with Gasteiger partial charge in [0.1, 0.15) is 16.9 Å². The minimum atomic E-state index is -4.14. The Kier molecular flexibility index (Phi) is 5.55. The fraction of sp³-hybridized carbons (Fsp3) is 0.0909. The van der Waals surface area contributed by atoms with E-state index in [0.717, 1.165) is 26.4 Å². The van der Waals surface area contributed by atoms with Gasteiger partial charge in [-0.2, -0.15) is 0 Å². The van der Waals surface area contributed by atoms with Gasteiger partial charge in [-0.3, -0.25) is 14.7 Å². The standard InChI is InChI=1S/C22H18BFN4O3S3/c1-27-15-7-6-12(24)10-13(15)21(29)28(16-4-2-3-5-19(16)34(25,30)31)20(27)18-9-8-17(33-18)14-11-32-22(23)26-14/h2-11,20H,23H2,1H3,(H2,25,30,31). The average molecular weight is 512 g/mol. The van der Waals surface area contributed by atoms with E-state index >= 15 is 0 Å². The summed E-state index contributed by atoms with van der Waals surface area (Å²) < 4.78 is 38.9. The molecule has 0 spiro atoms. The number of aromatic nitrogens is 1. The molecule has 2 N–H and O–H groups in total. The van der Waals surface area contributed by atoms with Crippen LogP contribution in [0.5, 0.6) is 0 Å². The number of carbonyl (C=O) groups excluding carboxylic acids is 1. The number of halogens is 1. The summed E-state index contributed by atoms with van der Waals surface area (Å²) >= 11 is 3.00. The van der Waals surface area contributed by atoms with Crippen LogP contribution < -0.4 is 19.8 Å². The van der Waals surface area contributed by atoms with Gasteiger partial charge in [0.25, 0.3) is 5.91 Å². The van der Waals surface area contributed by atoms with Gasteiger partial charge in [0.2, 0.25) is 10.0 Å². The lowest BCUT2D eigenvalue weighted by Crippen LogP contribution is -2.48. The third-order valence-corrected chi connectivity index (χ3v) is 8.46. The first-order chi connectivity index (χ1) is 16.1. The molecule has 0 bridgehead atoms. The number of nitrogens with zero attached hydrogens (tertiary/aromatic N) is 3. The topological polar surface area (TPSA) is 96.6 Å². The zero-order valence-electron chi connectivity index (χ0n) is 18.1. The van der Waals surface area contributed by atoms with E-state index in [1.54, 1.807) is 30.5 Å². The van der Waals surface area contributed by atoms with Gasteiger partial charge < -0.3 is 4.90 Å². The van der Waals surface area contributed by atoms with Crippen molar-refractivity contribution in [2.75, 3.05) is 16.8 Å². The molecule has 0 radical (unpaired) electrons. The highest BCUT2D eigenvalue weighted by molar-refractivity contribution is 7.89. The maximum Gasteiger partial charge on any atom is 0.262 e. The highest BCUT2D eigenvalue weighted by atomic mass is 32.2. The van der Waals surface area contributed by atoms with E-state index in [9.17, 15) is 17.6 Å². The molecule has 34 heavy (non-hydrogen) atoms. The highest BCUT2D eigenvalue weighted by Crippen LogP contribution is 2.45. The number of rotatable bonds is 4. The van der Waals surface area contributed by atoms with Gasteiger partial charge in [-0.1, -0.05) is 12.1 Å². The maximum absolute atomic E-state index is 14.1. The second-order valence-electron chi connectivity index (χ2n) is 7.79. The van der Waals surface area contributed by atoms with Crippen molar-refractivity contribution in [2.45, 2.75) is 11.1 Å². The number of para-hydroxylation sites is 1. The van der Waals surface area contributed by atoms with Crippen LogP contribution >= 0.6 is 22.7 Å². The summed E-state index contributed by atoms with van der Waals surface area (Å²) in [7, 11) is -0.428. The first-order valence-corrected chi connectivity index (χ1v) is 13.4. The normalized spacial score (nSPS) is 16.1. The Bertz CT molecular complexity index is 1540. The molecule has 0 fully saturated rings. The Morgan fingerprint density at radius 1 is 1.12 bits per heavy atom. The predicted octanol–water partition coefficient (Wildman–Crippen LogP) is 2.71. The van der Waals surface area contributed by atoms with Crippen molar-refractivity contribution in [1.82, 2.24) is 4.98 Å². The first-order valence-electron chi connectivity index (χ1n) is 10.1. The lowest BCUT2D eigenvalue weighted by Gasteiger charge is -2.43. The van der Waals surface area contributed by atoms with Crippen LogP contribution in [0.3, 0.4) is 0 Å². The molecule has 1 unspecified atom stereocenters. The van der Waals surface area contributed by atoms with E-state index in [-0.39, 0.29) is 16.1 Å². The van der Waals surface area contributed by atoms with Crippen molar-refractivity contribution in [2.24, 2.45) is 5.14 Å². The van der Waals surface area contributed by atoms with Crippen LogP contribution in [0.15, 0.2) is 64.9 Å². The molecule has 1 amide bonds. The Balaban J connectivity index is 1.72. The lowest BCUT2D eigenvalue weighted by atomic mass is 10.0. The molecule has 5 rings (SSSR count). The van der Waals surface area contributed by atoms with Crippen LogP contribution in [-0.2, 0) is 10.0 Å². The van der Waals surface area contributed by atoms with Crippen molar-refractivity contribution in [3.8, 4) is 10.6 Å². The van der Waals surface area contributed by atoms with Crippen LogP contribution in [0.1, 0.15) is 21.4 Å². The number of thiophene rings is 1. The van der Waals surface area contributed by atoms with Crippen molar-refractivity contribution in [1.29, 1.82) is 0 Å². The lowest BCUT2D eigenvalue weighted by molar-refractivity contribution is 0.0969. The van der Waals surface area contributed by atoms with Gasteiger partial charge in [-0.15, -0.1) is 22.7 Å². The van der Waals surface area contributed by atoms with E-state index in [0.29, 0.717) is 5.69 Å². The number of anilines is 2. The Morgan fingerprint density at radius 3 is 2.59 bits per heavy atom. The number of hydrogen-bond donors (Lipinski definition) is 1. The Morgan fingerprint density at radius 2 is 1.88 bits per heavy atom. The van der Waals surface area contributed by atoms with Crippen molar-refractivity contribution >= 4 is 62.7 Å². The van der Waals surface area contributed by atoms with E-state index < -0.39 is 27.9 Å². The molecule has 1 aliphatic heterocycles. The third kappa shape index (κ3) is 3.82. The maximum atomic E-state index is 14.1. The number of benzene rings is 2. The number of amides is 1. The first kappa shape index (κ1) is 22.7. The van der Waals surface area contributed by atoms with Crippen molar-refractivity contribution < 1.29 is 17.6 Å². The summed E-state index contributed by atoms with van der Waals surface area (Å²) in [6, 6.07) is 13.9. The van der Waals surface area contributed by atoms with Crippen molar-refractivity contribution in [3.63, 3.8) is 0 Å². The number of nitrogens with two attached hydrogens (primary N) is 1. The number of primary sulfonamides is 1. The number of hydrogen-bond acceptors (Lipinski definition) is 7. The molecular formula is C22H18BFN4O3S3. The van der Waals surface area contributed by atoms with E-state index in [1.165, 1.54) is 40.5 Å². The minimum absolute atomic E-state index is 0.126. The molecule has 0 aliphatic carbocycles. The second-order valence-corrected chi connectivity index (χ2v) is 11.5. The molecule has 1 aliphatic rings. The average Bonchev–Trinajstić information content (AvgIpc) is 3.44. The zero-order valence-corrected chi connectivity index (χ0v) is 20.5. The van der Waals surface area contributed by atoms with Crippen LogP contribution in [0.4, 0.5) is 15.8 Å². The van der Waals surface area contributed by atoms with Crippen LogP contribution in [-0.4, -0.2) is 34.2 Å².